The second kappa shape index (κ2) is 17.7. The van der Waals surface area contributed by atoms with Crippen molar-refractivity contribution in [1.29, 1.82) is 0 Å². The molecule has 0 aliphatic carbocycles. The molecule has 0 amide bonds. The number of benzene rings is 2. The summed E-state index contributed by atoms with van der Waals surface area (Å²) in [4.78, 5) is 0. The molecule has 2 aromatic rings. The summed E-state index contributed by atoms with van der Waals surface area (Å²) in [6.45, 7) is 19.3. The molecule has 2 rings (SSSR count). The molecule has 0 unspecified atom stereocenters. The van der Waals surface area contributed by atoms with E-state index in [2.05, 4.69) is 38.1 Å². The molecule has 2 heteroatoms. The molecule has 138 valence electrons. The monoisotopic (exact) mass is 338 g/mol. The molecule has 0 aliphatic rings. The molecule has 0 radical (unpaired) electrons. The van der Waals surface area contributed by atoms with Gasteiger partial charge in [-0.15, -0.1) is 0 Å². The van der Waals surface area contributed by atoms with Gasteiger partial charge < -0.3 is 0 Å². The highest BCUT2D eigenvalue weighted by atomic mass is 19.2. The molecule has 2 aromatic carbocycles. The van der Waals surface area contributed by atoms with E-state index in [0.29, 0.717) is 11.1 Å². The van der Waals surface area contributed by atoms with Crippen molar-refractivity contribution in [3.63, 3.8) is 0 Å². The number of rotatable bonds is 0. The number of halogens is 2. The van der Waals surface area contributed by atoms with Crippen molar-refractivity contribution in [2.75, 3.05) is 0 Å². The van der Waals surface area contributed by atoms with Crippen LogP contribution in [0.4, 0.5) is 8.78 Å². The van der Waals surface area contributed by atoms with E-state index in [-0.39, 0.29) is 0 Å². The molecule has 24 heavy (non-hydrogen) atoms. The standard InChI is InChI=1S/C8H8F2.C8H10.3C2H6/c1-5-3-4-6(2)8(10)7(5)9;1-7-3-5-8(2)6-4-7;3*1-2/h3-4H,1-2H3;3-6H,1-2H3;3*1-2H3. The number of hydrogen-bond acceptors (Lipinski definition) is 0. The number of aryl methyl sites for hydroxylation is 4. The Hall–Kier alpha value is -1.70. The Balaban J connectivity index is -0.000000284. The Morgan fingerprint density at radius 2 is 0.667 bits per heavy atom. The van der Waals surface area contributed by atoms with Crippen LogP contribution in [0.3, 0.4) is 0 Å². The summed E-state index contributed by atoms with van der Waals surface area (Å²) in [6, 6.07) is 11.6. The fraction of sp³-hybridized carbons (Fsp3) is 0.455. The molecule has 0 aliphatic heterocycles. The topological polar surface area (TPSA) is 0 Å². The van der Waals surface area contributed by atoms with Crippen LogP contribution in [0.5, 0.6) is 0 Å². The SMILES string of the molecule is CC.CC.CC.Cc1ccc(C)c(F)c1F.Cc1ccc(C)cc1. The van der Waals surface area contributed by atoms with E-state index in [9.17, 15) is 8.78 Å². The third kappa shape index (κ3) is 11.8. The maximum absolute atomic E-state index is 12.6. The van der Waals surface area contributed by atoms with Crippen molar-refractivity contribution in [3.8, 4) is 0 Å². The largest absolute Gasteiger partial charge is 0.203 e. The lowest BCUT2D eigenvalue weighted by Crippen LogP contribution is -1.91. The molecule has 0 heterocycles. The summed E-state index contributed by atoms with van der Waals surface area (Å²) in [7, 11) is 0. The Kier molecular flexibility index (Phi) is 20.0. The zero-order valence-corrected chi connectivity index (χ0v) is 17.2. The summed E-state index contributed by atoms with van der Waals surface area (Å²) in [5.74, 6) is -1.47. The Morgan fingerprint density at radius 3 is 0.875 bits per heavy atom. The first-order chi connectivity index (χ1) is 11.4. The van der Waals surface area contributed by atoms with Gasteiger partial charge >= 0.3 is 0 Å². The van der Waals surface area contributed by atoms with E-state index < -0.39 is 11.6 Å². The van der Waals surface area contributed by atoms with Gasteiger partial charge in [0.2, 0.25) is 0 Å². The van der Waals surface area contributed by atoms with Crippen LogP contribution in [0.2, 0.25) is 0 Å². The van der Waals surface area contributed by atoms with Crippen molar-refractivity contribution < 1.29 is 8.78 Å². The zero-order valence-electron chi connectivity index (χ0n) is 17.2. The molecule has 0 saturated heterocycles. The van der Waals surface area contributed by atoms with E-state index in [1.54, 1.807) is 12.1 Å². The predicted molar refractivity (Wildman–Crippen MR) is 106 cm³/mol. The smallest absolute Gasteiger partial charge is 0.161 e. The summed E-state index contributed by atoms with van der Waals surface area (Å²) in [5, 5.41) is 0. The van der Waals surface area contributed by atoms with Gasteiger partial charge in [-0.3, -0.25) is 0 Å². The van der Waals surface area contributed by atoms with Crippen molar-refractivity contribution in [3.05, 3.63) is 70.3 Å². The zero-order chi connectivity index (χ0) is 19.7. The van der Waals surface area contributed by atoms with Crippen molar-refractivity contribution in [2.45, 2.75) is 69.2 Å². The molecule has 0 atom stereocenters. The van der Waals surface area contributed by atoms with Crippen LogP contribution in [0.15, 0.2) is 36.4 Å². The first kappa shape index (κ1) is 27.2. The molecule has 0 aromatic heterocycles. The van der Waals surface area contributed by atoms with Gasteiger partial charge in [-0.1, -0.05) is 89.1 Å². The molecule has 0 N–H and O–H groups in total. The van der Waals surface area contributed by atoms with Crippen molar-refractivity contribution >= 4 is 0 Å². The Labute approximate surface area is 148 Å². The average Bonchev–Trinajstić information content (AvgIpc) is 2.65. The van der Waals surface area contributed by atoms with Crippen LogP contribution >= 0.6 is 0 Å². The normalized spacial score (nSPS) is 8.00. The van der Waals surface area contributed by atoms with Gasteiger partial charge in [-0.2, -0.15) is 0 Å². The first-order valence-corrected chi connectivity index (χ1v) is 8.86. The van der Waals surface area contributed by atoms with Crippen LogP contribution in [0, 0.1) is 39.3 Å². The van der Waals surface area contributed by atoms with E-state index in [0.717, 1.165) is 0 Å². The lowest BCUT2D eigenvalue weighted by atomic mass is 10.1. The van der Waals surface area contributed by atoms with Gasteiger partial charge in [-0.05, 0) is 38.8 Å². The van der Waals surface area contributed by atoms with Gasteiger partial charge in [0.1, 0.15) is 0 Å². The third-order valence-electron chi connectivity index (χ3n) is 2.69. The molecule has 0 nitrogen and oxygen atoms in total. The van der Waals surface area contributed by atoms with E-state index in [1.807, 2.05) is 41.5 Å². The van der Waals surface area contributed by atoms with Gasteiger partial charge in [0, 0.05) is 0 Å². The number of hydrogen-bond donors (Lipinski definition) is 0. The van der Waals surface area contributed by atoms with E-state index in [4.69, 9.17) is 0 Å². The Morgan fingerprint density at radius 1 is 0.458 bits per heavy atom. The predicted octanol–water partition coefficient (Wildman–Crippen LogP) is 7.96. The average molecular weight is 339 g/mol. The lowest BCUT2D eigenvalue weighted by Gasteiger charge is -1.99. The van der Waals surface area contributed by atoms with Crippen LogP contribution in [-0.2, 0) is 0 Å². The van der Waals surface area contributed by atoms with Crippen LogP contribution < -0.4 is 0 Å². The molecule has 0 saturated carbocycles. The highest BCUT2D eigenvalue weighted by Crippen LogP contribution is 2.13. The van der Waals surface area contributed by atoms with Gasteiger partial charge in [0.25, 0.3) is 0 Å². The van der Waals surface area contributed by atoms with Crippen LogP contribution in [-0.4, -0.2) is 0 Å². The van der Waals surface area contributed by atoms with E-state index >= 15 is 0 Å². The maximum Gasteiger partial charge on any atom is 0.161 e. The maximum atomic E-state index is 12.6. The van der Waals surface area contributed by atoms with Gasteiger partial charge in [-0.25, -0.2) is 8.78 Å². The molecular formula is C22H36F2. The first-order valence-electron chi connectivity index (χ1n) is 8.86. The third-order valence-corrected chi connectivity index (χ3v) is 2.69. The van der Waals surface area contributed by atoms with E-state index in [1.165, 1.54) is 25.0 Å². The molecule has 0 bridgehead atoms. The minimum absolute atomic E-state index is 0.350. The highest BCUT2D eigenvalue weighted by molar-refractivity contribution is 5.24. The molecule has 0 fully saturated rings. The van der Waals surface area contributed by atoms with Gasteiger partial charge in [0.05, 0.1) is 0 Å². The Bertz CT molecular complexity index is 466. The lowest BCUT2D eigenvalue weighted by molar-refractivity contribution is 0.497. The minimum atomic E-state index is -0.736. The molecule has 0 spiro atoms. The quantitative estimate of drug-likeness (QED) is 0.457. The van der Waals surface area contributed by atoms with Crippen LogP contribution in [0.1, 0.15) is 63.8 Å². The summed E-state index contributed by atoms with van der Waals surface area (Å²) >= 11 is 0. The fourth-order valence-electron chi connectivity index (χ4n) is 1.38. The summed E-state index contributed by atoms with van der Waals surface area (Å²) in [6.07, 6.45) is 0. The summed E-state index contributed by atoms with van der Waals surface area (Å²) in [5.41, 5.74) is 3.36. The van der Waals surface area contributed by atoms with Gasteiger partial charge in [0.15, 0.2) is 11.6 Å². The van der Waals surface area contributed by atoms with Crippen molar-refractivity contribution in [1.82, 2.24) is 0 Å². The second-order valence-corrected chi connectivity index (χ2v) is 4.48. The molecular weight excluding hydrogens is 302 g/mol. The fourth-order valence-corrected chi connectivity index (χ4v) is 1.38. The minimum Gasteiger partial charge on any atom is -0.203 e. The van der Waals surface area contributed by atoms with Crippen molar-refractivity contribution in [2.24, 2.45) is 0 Å². The van der Waals surface area contributed by atoms with Crippen LogP contribution in [0.25, 0.3) is 0 Å². The highest BCUT2D eigenvalue weighted by Gasteiger charge is 2.05. The second-order valence-electron chi connectivity index (χ2n) is 4.48. The summed E-state index contributed by atoms with van der Waals surface area (Å²) < 4.78 is 25.2.